The lowest BCUT2D eigenvalue weighted by atomic mass is 9.79. The van der Waals surface area contributed by atoms with E-state index in [9.17, 15) is 44.5 Å². The molecule has 0 saturated heterocycles. The average Bonchev–Trinajstić information content (AvgIpc) is 3.01. The first-order valence-electron chi connectivity index (χ1n) is 7.01. The Morgan fingerprint density at radius 1 is 1.08 bits per heavy atom. The van der Waals surface area contributed by atoms with Crippen molar-refractivity contribution in [1.82, 2.24) is 0 Å². The molecular formula is C12H12F5O7S-. The summed E-state index contributed by atoms with van der Waals surface area (Å²) in [5, 5.41) is 3.17. The zero-order chi connectivity index (χ0) is 19.4. The number of rotatable bonds is 5. The Morgan fingerprint density at radius 2 is 1.56 bits per heavy atom. The van der Waals surface area contributed by atoms with Gasteiger partial charge in [0.15, 0.2) is 10.1 Å². The second kappa shape index (κ2) is 6.04. The highest BCUT2D eigenvalue weighted by Gasteiger charge is 2.64. The number of aliphatic carboxylic acids is 1. The molecule has 0 aliphatic heterocycles. The van der Waals surface area contributed by atoms with Crippen LogP contribution in [0.1, 0.15) is 19.3 Å². The van der Waals surface area contributed by atoms with Gasteiger partial charge in [-0.3, -0.25) is 9.59 Å². The van der Waals surface area contributed by atoms with E-state index in [0.717, 1.165) is 0 Å². The number of halogens is 5. The van der Waals surface area contributed by atoms with Gasteiger partial charge in [0.05, 0.1) is 11.8 Å². The SMILES string of the molecule is O=C(O)C1C2CCC(C2)C1C(=O)OC(C(F)(F)F)C(F)(F)S(=O)(=O)[O-]. The minimum atomic E-state index is -6.79. The van der Waals surface area contributed by atoms with Crippen molar-refractivity contribution in [3.63, 3.8) is 0 Å². The van der Waals surface area contributed by atoms with E-state index in [1.165, 1.54) is 0 Å². The number of carboxylic acid groups (broad SMARTS) is 1. The van der Waals surface area contributed by atoms with Crippen molar-refractivity contribution in [2.75, 3.05) is 0 Å². The lowest BCUT2D eigenvalue weighted by molar-refractivity contribution is -0.261. The molecule has 2 saturated carbocycles. The van der Waals surface area contributed by atoms with E-state index < -0.39 is 63.3 Å². The lowest BCUT2D eigenvalue weighted by Gasteiger charge is -2.32. The number of carbonyl (C=O) groups excluding carboxylic acids is 1. The van der Waals surface area contributed by atoms with E-state index in [1.807, 2.05) is 0 Å². The summed E-state index contributed by atoms with van der Waals surface area (Å²) in [5.41, 5.74) is 0. The minimum Gasteiger partial charge on any atom is -0.743 e. The normalized spacial score (nSPS) is 31.0. The van der Waals surface area contributed by atoms with Gasteiger partial charge in [-0.15, -0.1) is 0 Å². The molecular weight excluding hydrogens is 383 g/mol. The molecule has 0 radical (unpaired) electrons. The van der Waals surface area contributed by atoms with Gasteiger partial charge in [0.25, 0.3) is 6.10 Å². The van der Waals surface area contributed by atoms with Gasteiger partial charge in [0, 0.05) is 0 Å². The third-order valence-corrected chi connectivity index (χ3v) is 5.52. The van der Waals surface area contributed by atoms with Crippen LogP contribution in [0, 0.1) is 23.7 Å². The molecule has 1 N–H and O–H groups in total. The number of carboxylic acids is 1. The Balaban J connectivity index is 2.31. The maximum atomic E-state index is 13.4. The van der Waals surface area contributed by atoms with Gasteiger partial charge in [0.1, 0.15) is 0 Å². The van der Waals surface area contributed by atoms with Gasteiger partial charge < -0.3 is 14.4 Å². The van der Waals surface area contributed by atoms with E-state index >= 15 is 0 Å². The van der Waals surface area contributed by atoms with Crippen LogP contribution in [-0.2, 0) is 24.4 Å². The molecule has 5 unspecified atom stereocenters. The molecule has 2 fully saturated rings. The first-order valence-corrected chi connectivity index (χ1v) is 8.42. The zero-order valence-corrected chi connectivity index (χ0v) is 13.0. The van der Waals surface area contributed by atoms with Crippen molar-refractivity contribution in [3.05, 3.63) is 0 Å². The molecule has 144 valence electrons. The molecule has 13 heteroatoms. The fraction of sp³-hybridized carbons (Fsp3) is 0.833. The number of ether oxygens (including phenoxy) is 1. The van der Waals surface area contributed by atoms with E-state index in [4.69, 9.17) is 5.11 Å². The van der Waals surface area contributed by atoms with Crippen LogP contribution in [0.25, 0.3) is 0 Å². The van der Waals surface area contributed by atoms with Crippen LogP contribution in [-0.4, -0.2) is 47.6 Å². The lowest BCUT2D eigenvalue weighted by Crippen LogP contribution is -2.53. The average molecular weight is 395 g/mol. The van der Waals surface area contributed by atoms with Gasteiger partial charge in [-0.25, -0.2) is 8.42 Å². The molecule has 5 atom stereocenters. The Bertz CT molecular complexity index is 674. The maximum Gasteiger partial charge on any atom is 0.432 e. The summed E-state index contributed by atoms with van der Waals surface area (Å²) in [7, 11) is -6.79. The molecule has 0 amide bonds. The van der Waals surface area contributed by atoms with Crippen LogP contribution >= 0.6 is 0 Å². The summed E-state index contributed by atoms with van der Waals surface area (Å²) in [6, 6.07) is 0. The summed E-state index contributed by atoms with van der Waals surface area (Å²) < 4.78 is 100. The highest BCUT2D eigenvalue weighted by Crippen LogP contribution is 2.53. The van der Waals surface area contributed by atoms with Crippen LogP contribution in [0.3, 0.4) is 0 Å². The maximum absolute atomic E-state index is 13.4. The summed E-state index contributed by atoms with van der Waals surface area (Å²) >= 11 is 0. The molecule has 0 heterocycles. The fourth-order valence-corrected chi connectivity index (χ4v) is 4.08. The Labute approximate surface area is 137 Å². The molecule has 0 aromatic rings. The predicted molar refractivity (Wildman–Crippen MR) is 66.0 cm³/mol. The molecule has 2 aliphatic carbocycles. The van der Waals surface area contributed by atoms with Crippen LogP contribution in [0.2, 0.25) is 0 Å². The van der Waals surface area contributed by atoms with Gasteiger partial charge >= 0.3 is 23.4 Å². The van der Waals surface area contributed by atoms with Crippen molar-refractivity contribution in [1.29, 1.82) is 0 Å². The van der Waals surface area contributed by atoms with Crippen LogP contribution < -0.4 is 0 Å². The number of alkyl halides is 5. The Morgan fingerprint density at radius 3 is 1.96 bits per heavy atom. The second-order valence-corrected chi connectivity index (χ2v) is 7.55. The molecule has 2 aliphatic rings. The third-order valence-electron chi connectivity index (χ3n) is 4.64. The summed E-state index contributed by atoms with van der Waals surface area (Å²) in [5.74, 6) is -7.56. The number of fused-ring (bicyclic) bond motifs is 2. The van der Waals surface area contributed by atoms with Gasteiger partial charge in [0.2, 0.25) is 0 Å². The van der Waals surface area contributed by atoms with Crippen LogP contribution in [0.4, 0.5) is 22.0 Å². The van der Waals surface area contributed by atoms with E-state index in [1.54, 1.807) is 0 Å². The smallest absolute Gasteiger partial charge is 0.432 e. The number of carbonyl (C=O) groups is 2. The van der Waals surface area contributed by atoms with Crippen molar-refractivity contribution < 1.29 is 54.4 Å². The van der Waals surface area contributed by atoms with Gasteiger partial charge in [-0.05, 0) is 31.1 Å². The van der Waals surface area contributed by atoms with Gasteiger partial charge in [-0.1, -0.05) is 0 Å². The second-order valence-electron chi connectivity index (χ2n) is 6.10. The van der Waals surface area contributed by atoms with Crippen molar-refractivity contribution in [2.45, 2.75) is 36.8 Å². The van der Waals surface area contributed by atoms with E-state index in [2.05, 4.69) is 4.74 Å². The standard InChI is InChI=1S/C12H13F5O7S/c13-11(14,15)10(12(16,17)25(21,22)23)24-9(20)7-5-2-1-4(3-5)6(7)8(18)19/h4-7,10H,1-3H2,(H,18,19)(H,21,22,23)/p-1. The molecule has 0 aromatic carbocycles. The van der Waals surface area contributed by atoms with Gasteiger partial charge in [-0.2, -0.15) is 22.0 Å². The fourth-order valence-electron chi connectivity index (χ4n) is 3.64. The molecule has 2 bridgehead atoms. The van der Waals surface area contributed by atoms with Crippen molar-refractivity contribution in [2.24, 2.45) is 23.7 Å². The van der Waals surface area contributed by atoms with Crippen LogP contribution in [0.15, 0.2) is 0 Å². The quantitative estimate of drug-likeness (QED) is 0.424. The monoisotopic (exact) mass is 395 g/mol. The highest BCUT2D eigenvalue weighted by atomic mass is 32.2. The number of hydrogen-bond acceptors (Lipinski definition) is 6. The highest BCUT2D eigenvalue weighted by molar-refractivity contribution is 7.86. The van der Waals surface area contributed by atoms with E-state index in [0.29, 0.717) is 12.8 Å². The van der Waals surface area contributed by atoms with Crippen molar-refractivity contribution >= 4 is 22.1 Å². The number of esters is 1. The van der Waals surface area contributed by atoms with Crippen molar-refractivity contribution in [3.8, 4) is 0 Å². The number of hydrogen-bond donors (Lipinski definition) is 1. The molecule has 25 heavy (non-hydrogen) atoms. The minimum absolute atomic E-state index is 0.212. The largest absolute Gasteiger partial charge is 0.743 e. The van der Waals surface area contributed by atoms with E-state index in [-0.39, 0.29) is 6.42 Å². The summed E-state index contributed by atoms with van der Waals surface area (Å²) in [4.78, 5) is 23.2. The van der Waals surface area contributed by atoms with Crippen LogP contribution in [0.5, 0.6) is 0 Å². The third kappa shape index (κ3) is 3.43. The molecule has 2 rings (SSSR count). The summed E-state index contributed by atoms with van der Waals surface area (Å²) in [6.07, 6.45) is -9.62. The molecule has 0 aromatic heterocycles. The zero-order valence-electron chi connectivity index (χ0n) is 12.2. The first kappa shape index (κ1) is 19.8. The topological polar surface area (TPSA) is 121 Å². The molecule has 7 nitrogen and oxygen atoms in total. The predicted octanol–water partition coefficient (Wildman–Crippen LogP) is 1.35. The molecule has 0 spiro atoms. The Kier molecular flexibility index (Phi) is 4.79. The summed E-state index contributed by atoms with van der Waals surface area (Å²) in [6.45, 7) is 0. The first-order chi connectivity index (χ1) is 11.2. The Hall–Kier alpha value is -1.50.